The summed E-state index contributed by atoms with van der Waals surface area (Å²) >= 11 is 1.33. The van der Waals surface area contributed by atoms with Crippen LogP contribution in [0, 0.1) is 39.9 Å². The highest BCUT2D eigenvalue weighted by atomic mass is 32.2. The van der Waals surface area contributed by atoms with Crippen LogP contribution in [-0.4, -0.2) is 18.8 Å². The third-order valence-electron chi connectivity index (χ3n) is 3.53. The van der Waals surface area contributed by atoms with Crippen molar-refractivity contribution in [2.45, 2.75) is 32.6 Å². The van der Waals surface area contributed by atoms with E-state index >= 15 is 0 Å². The minimum atomic E-state index is -0.622. The average molecular weight is 315 g/mol. The fourth-order valence-electron chi connectivity index (χ4n) is 2.61. The number of carbonyl (C=O) groups excluding carboxylic acids is 1. The maximum absolute atomic E-state index is 12.0. The predicted molar refractivity (Wildman–Crippen MR) is 83.0 cm³/mol. The van der Waals surface area contributed by atoms with Crippen molar-refractivity contribution in [3.05, 3.63) is 21.6 Å². The molecule has 0 heterocycles. The monoisotopic (exact) mass is 315 g/mol. The highest BCUT2D eigenvalue weighted by molar-refractivity contribution is 8.02. The van der Waals surface area contributed by atoms with Gasteiger partial charge in [-0.2, -0.15) is 15.8 Å². The number of carbonyl (C=O) groups is 1. The topological polar surface area (TPSA) is 97.7 Å². The highest BCUT2D eigenvalue weighted by Crippen LogP contribution is 2.41. The lowest BCUT2D eigenvalue weighted by molar-refractivity contribution is -0.138. The molecule has 0 aromatic carbocycles. The van der Waals surface area contributed by atoms with E-state index in [1.165, 1.54) is 11.8 Å². The molecule has 0 bridgehead atoms. The summed E-state index contributed by atoms with van der Waals surface area (Å²) in [6.07, 6.45) is 4.95. The summed E-state index contributed by atoms with van der Waals surface area (Å²) in [7, 11) is 0. The molecule has 1 atom stereocenters. The van der Waals surface area contributed by atoms with Crippen LogP contribution >= 0.6 is 11.8 Å². The van der Waals surface area contributed by atoms with Crippen LogP contribution in [0.1, 0.15) is 32.6 Å². The molecule has 0 spiro atoms. The summed E-state index contributed by atoms with van der Waals surface area (Å²) in [6, 6.07) is 5.76. The first-order valence-corrected chi connectivity index (χ1v) is 8.25. The van der Waals surface area contributed by atoms with E-state index < -0.39 is 5.97 Å². The number of nitrogens with zero attached hydrogens (tertiary/aromatic N) is 3. The Kier molecular flexibility index (Phi) is 7.23. The van der Waals surface area contributed by atoms with E-state index in [0.29, 0.717) is 16.9 Å². The van der Waals surface area contributed by atoms with Gasteiger partial charge in [-0.3, -0.25) is 0 Å². The van der Waals surface area contributed by atoms with E-state index in [9.17, 15) is 10.1 Å². The van der Waals surface area contributed by atoms with Crippen LogP contribution < -0.4 is 0 Å². The van der Waals surface area contributed by atoms with Crippen molar-refractivity contribution in [3.63, 3.8) is 0 Å². The van der Waals surface area contributed by atoms with Crippen LogP contribution in [0.5, 0.6) is 0 Å². The number of rotatable bonds is 4. The smallest absolute Gasteiger partial charge is 0.348 e. The zero-order valence-electron chi connectivity index (χ0n) is 12.7. The summed E-state index contributed by atoms with van der Waals surface area (Å²) in [6.45, 7) is 1.89. The number of allylic oxidation sites excluding steroid dienone is 3. The number of hydrogen-bond donors (Lipinski definition) is 0. The molecule has 0 N–H and O–H groups in total. The molecule has 5 nitrogen and oxygen atoms in total. The molecule has 1 rings (SSSR count). The Bertz CT molecular complexity index is 613. The molecule has 22 heavy (non-hydrogen) atoms. The SMILES string of the molecule is CCOC(=O)/C(C#N)=C1\CCCCC1C(SC)=C(C#N)C#N. The van der Waals surface area contributed by atoms with Crippen molar-refractivity contribution in [2.24, 2.45) is 5.92 Å². The van der Waals surface area contributed by atoms with Crippen LogP contribution in [0.3, 0.4) is 0 Å². The number of thioether (sulfide) groups is 1. The zero-order valence-corrected chi connectivity index (χ0v) is 13.5. The minimum Gasteiger partial charge on any atom is -0.462 e. The van der Waals surface area contributed by atoms with Gasteiger partial charge >= 0.3 is 5.97 Å². The van der Waals surface area contributed by atoms with Gasteiger partial charge in [-0.15, -0.1) is 11.8 Å². The Hall–Kier alpha value is -2.23. The number of nitriles is 3. The Morgan fingerprint density at radius 1 is 1.27 bits per heavy atom. The normalized spacial score (nSPS) is 19.1. The van der Waals surface area contributed by atoms with Gasteiger partial charge < -0.3 is 4.74 Å². The molecular formula is C16H17N3O2S. The summed E-state index contributed by atoms with van der Waals surface area (Å²) in [4.78, 5) is 12.6. The molecule has 0 radical (unpaired) electrons. The molecule has 6 heteroatoms. The van der Waals surface area contributed by atoms with Gasteiger partial charge in [0.25, 0.3) is 0 Å². The average Bonchev–Trinajstić information content (AvgIpc) is 2.54. The van der Waals surface area contributed by atoms with Crippen LogP contribution in [0.4, 0.5) is 0 Å². The summed E-state index contributed by atoms with van der Waals surface area (Å²) in [5.41, 5.74) is 0.769. The van der Waals surface area contributed by atoms with E-state index in [-0.39, 0.29) is 23.7 Å². The Morgan fingerprint density at radius 3 is 2.45 bits per heavy atom. The van der Waals surface area contributed by atoms with Crippen molar-refractivity contribution in [2.75, 3.05) is 12.9 Å². The largest absolute Gasteiger partial charge is 0.462 e. The van der Waals surface area contributed by atoms with Gasteiger partial charge in [-0.1, -0.05) is 6.42 Å². The van der Waals surface area contributed by atoms with Crippen molar-refractivity contribution < 1.29 is 9.53 Å². The summed E-state index contributed by atoms with van der Waals surface area (Å²) < 4.78 is 4.95. The second kappa shape index (κ2) is 8.93. The third kappa shape index (κ3) is 3.91. The van der Waals surface area contributed by atoms with Crippen LogP contribution in [0.2, 0.25) is 0 Å². The highest BCUT2D eigenvalue weighted by Gasteiger charge is 2.30. The van der Waals surface area contributed by atoms with Gasteiger partial charge in [0, 0.05) is 10.8 Å². The second-order valence-electron chi connectivity index (χ2n) is 4.70. The van der Waals surface area contributed by atoms with Gasteiger partial charge in [0.2, 0.25) is 0 Å². The van der Waals surface area contributed by atoms with Crippen LogP contribution in [-0.2, 0) is 9.53 Å². The molecule has 1 fully saturated rings. The Labute approximate surface area is 134 Å². The first-order chi connectivity index (χ1) is 10.6. The zero-order chi connectivity index (χ0) is 16.5. The Balaban J connectivity index is 3.41. The third-order valence-corrected chi connectivity index (χ3v) is 4.46. The number of esters is 1. The van der Waals surface area contributed by atoms with Crippen molar-refractivity contribution in [1.29, 1.82) is 15.8 Å². The Morgan fingerprint density at radius 2 is 1.95 bits per heavy atom. The quantitative estimate of drug-likeness (QED) is 0.449. The van der Waals surface area contributed by atoms with E-state index in [1.807, 2.05) is 18.2 Å². The molecule has 0 aliphatic heterocycles. The van der Waals surface area contributed by atoms with E-state index in [4.69, 9.17) is 15.3 Å². The van der Waals surface area contributed by atoms with Crippen LogP contribution in [0.15, 0.2) is 21.6 Å². The lowest BCUT2D eigenvalue weighted by atomic mass is 9.80. The predicted octanol–water partition coefficient (Wildman–Crippen LogP) is 3.22. The van der Waals surface area contributed by atoms with Gasteiger partial charge in [-0.05, 0) is 38.0 Å². The van der Waals surface area contributed by atoms with E-state index in [1.54, 1.807) is 13.2 Å². The maximum Gasteiger partial charge on any atom is 0.348 e. The molecule has 0 aromatic heterocycles. The molecule has 0 aromatic rings. The fraction of sp³-hybridized carbons (Fsp3) is 0.500. The minimum absolute atomic E-state index is 0.0216. The van der Waals surface area contributed by atoms with Crippen molar-refractivity contribution in [1.82, 2.24) is 0 Å². The molecule has 0 amide bonds. The molecule has 1 saturated carbocycles. The van der Waals surface area contributed by atoms with E-state index in [0.717, 1.165) is 19.3 Å². The standard InChI is InChI=1S/C16H17N3O2S/c1-3-21-16(20)14(10-19)12-6-4-5-7-13(12)15(22-2)11(8-17)9-18/h13H,3-7H2,1-2H3/b14-12+. The van der Waals surface area contributed by atoms with Gasteiger partial charge in [0.1, 0.15) is 29.4 Å². The van der Waals surface area contributed by atoms with Gasteiger partial charge in [0.05, 0.1) is 6.61 Å². The molecule has 0 saturated heterocycles. The maximum atomic E-state index is 12.0. The summed E-state index contributed by atoms with van der Waals surface area (Å²) in [5, 5.41) is 27.6. The fourth-order valence-corrected chi connectivity index (χ4v) is 3.45. The molecule has 1 unspecified atom stereocenters. The van der Waals surface area contributed by atoms with Crippen LogP contribution in [0.25, 0.3) is 0 Å². The number of ether oxygens (including phenoxy) is 1. The van der Waals surface area contributed by atoms with Crippen molar-refractivity contribution in [3.8, 4) is 18.2 Å². The molecule has 1 aliphatic rings. The first-order valence-electron chi connectivity index (χ1n) is 7.03. The van der Waals surface area contributed by atoms with Gasteiger partial charge in [-0.25, -0.2) is 4.79 Å². The van der Waals surface area contributed by atoms with Gasteiger partial charge in [0.15, 0.2) is 0 Å². The second-order valence-corrected chi connectivity index (χ2v) is 5.55. The molecule has 1 aliphatic carbocycles. The first kappa shape index (κ1) is 17.8. The lowest BCUT2D eigenvalue weighted by Gasteiger charge is -2.27. The van der Waals surface area contributed by atoms with E-state index in [2.05, 4.69) is 0 Å². The molecule has 114 valence electrons. The molecular weight excluding hydrogens is 298 g/mol. The number of hydrogen-bond acceptors (Lipinski definition) is 6. The van der Waals surface area contributed by atoms with Crippen molar-refractivity contribution >= 4 is 17.7 Å². The summed E-state index contributed by atoms with van der Waals surface area (Å²) in [5.74, 6) is -0.847. The lowest BCUT2D eigenvalue weighted by Crippen LogP contribution is -2.18.